The lowest BCUT2D eigenvalue weighted by atomic mass is 10.1. The Morgan fingerprint density at radius 2 is 0.688 bits per heavy atom. The molecule has 0 radical (unpaired) electrons. The van der Waals surface area contributed by atoms with E-state index < -0.39 is 0 Å². The Balaban J connectivity index is 3.00. The van der Waals surface area contributed by atoms with Crippen LogP contribution in [-0.2, 0) is 33.2 Å². The van der Waals surface area contributed by atoms with Crippen LogP contribution in [0.1, 0.15) is 45.4 Å². The molecular weight excluding hydrogens is 414 g/mol. The highest BCUT2D eigenvalue weighted by molar-refractivity contribution is 4.44. The summed E-state index contributed by atoms with van der Waals surface area (Å²) in [6, 6.07) is 0. The van der Waals surface area contributed by atoms with E-state index in [1.807, 2.05) is 14.1 Å². The Kier molecular flexibility index (Phi) is 28.4. The van der Waals surface area contributed by atoms with E-state index >= 15 is 0 Å². The van der Waals surface area contributed by atoms with Gasteiger partial charge < -0.3 is 38.1 Å². The van der Waals surface area contributed by atoms with Crippen molar-refractivity contribution in [2.75, 3.05) is 113 Å². The summed E-state index contributed by atoms with van der Waals surface area (Å²) < 4.78 is 38.3. The normalized spacial score (nSPS) is 11.6. The van der Waals surface area contributed by atoms with Gasteiger partial charge >= 0.3 is 0 Å². The van der Waals surface area contributed by atoms with Crippen LogP contribution in [0.25, 0.3) is 0 Å². The molecule has 0 aromatic carbocycles. The van der Waals surface area contributed by atoms with Gasteiger partial charge in [0, 0.05) is 13.2 Å². The monoisotopic (exact) mass is 465 g/mol. The Bertz CT molecular complexity index is 335. The first kappa shape index (κ1) is 31.7. The highest BCUT2D eigenvalue weighted by Crippen LogP contribution is 2.04. The lowest BCUT2D eigenvalue weighted by Crippen LogP contribution is -2.19. The molecule has 0 saturated carbocycles. The van der Waals surface area contributed by atoms with Gasteiger partial charge in [0.25, 0.3) is 0 Å². The van der Waals surface area contributed by atoms with Crippen molar-refractivity contribution in [1.82, 2.24) is 4.90 Å². The smallest absolute Gasteiger partial charge is 0.0701 e. The molecule has 0 aliphatic heterocycles. The van der Waals surface area contributed by atoms with Gasteiger partial charge in [-0.15, -0.1) is 0 Å². The lowest BCUT2D eigenvalue weighted by molar-refractivity contribution is -0.0208. The Morgan fingerprint density at radius 3 is 1.06 bits per heavy atom. The molecule has 0 aliphatic carbocycles. The summed E-state index contributed by atoms with van der Waals surface area (Å²) in [6.07, 6.45) is 7.74. The molecule has 8 heteroatoms. The average Bonchev–Trinajstić information content (AvgIpc) is 2.78. The molecule has 0 aromatic heterocycles. The number of hydrogen-bond donors (Lipinski definition) is 0. The van der Waals surface area contributed by atoms with Crippen LogP contribution in [0.5, 0.6) is 0 Å². The summed E-state index contributed by atoms with van der Waals surface area (Å²) in [5, 5.41) is 0. The number of unbranched alkanes of at least 4 members (excludes halogenated alkanes) is 5. The van der Waals surface area contributed by atoms with Crippen LogP contribution < -0.4 is 0 Å². The van der Waals surface area contributed by atoms with E-state index in [9.17, 15) is 0 Å². The van der Waals surface area contributed by atoms with Gasteiger partial charge in [0.05, 0.1) is 85.9 Å². The van der Waals surface area contributed by atoms with Crippen LogP contribution in [0, 0.1) is 0 Å². The Labute approximate surface area is 197 Å². The van der Waals surface area contributed by atoms with Gasteiger partial charge in [0.15, 0.2) is 0 Å². The Morgan fingerprint density at radius 1 is 0.375 bits per heavy atom. The zero-order valence-corrected chi connectivity index (χ0v) is 21.2. The van der Waals surface area contributed by atoms with E-state index in [2.05, 4.69) is 11.8 Å². The summed E-state index contributed by atoms with van der Waals surface area (Å²) >= 11 is 0. The van der Waals surface area contributed by atoms with Crippen molar-refractivity contribution >= 4 is 0 Å². The summed E-state index contributed by atoms with van der Waals surface area (Å²) in [5.74, 6) is 0. The first-order valence-corrected chi connectivity index (χ1v) is 12.5. The summed E-state index contributed by atoms with van der Waals surface area (Å²) in [7, 11) is 4.05. The molecule has 0 unspecified atom stereocenters. The molecule has 0 heterocycles. The molecule has 0 rings (SSSR count). The van der Waals surface area contributed by atoms with Crippen LogP contribution in [0.15, 0.2) is 0 Å². The molecule has 0 atom stereocenters. The van der Waals surface area contributed by atoms with Crippen molar-refractivity contribution in [2.24, 2.45) is 0 Å². The fourth-order valence-electron chi connectivity index (χ4n) is 2.65. The zero-order valence-electron chi connectivity index (χ0n) is 21.2. The zero-order chi connectivity index (χ0) is 23.4. The highest BCUT2D eigenvalue weighted by Gasteiger charge is 1.95. The van der Waals surface area contributed by atoms with Crippen molar-refractivity contribution in [3.05, 3.63) is 0 Å². The fourth-order valence-corrected chi connectivity index (χ4v) is 2.65. The summed E-state index contributed by atoms with van der Waals surface area (Å²) in [5.41, 5.74) is 0. The number of hydrogen-bond acceptors (Lipinski definition) is 8. The predicted octanol–water partition coefficient (Wildman–Crippen LogP) is 3.02. The Hall–Kier alpha value is -0.320. The van der Waals surface area contributed by atoms with Gasteiger partial charge in [0.2, 0.25) is 0 Å². The molecule has 32 heavy (non-hydrogen) atoms. The molecule has 0 amide bonds. The number of ether oxygens (including phenoxy) is 7. The van der Waals surface area contributed by atoms with Crippen molar-refractivity contribution in [3.8, 4) is 0 Å². The number of likely N-dealkylation sites (N-methyl/N-ethyl adjacent to an activating group) is 1. The van der Waals surface area contributed by atoms with E-state index in [0.29, 0.717) is 79.3 Å². The number of rotatable bonds is 28. The van der Waals surface area contributed by atoms with Crippen molar-refractivity contribution in [2.45, 2.75) is 45.4 Å². The standard InChI is InChI=1S/C24H51NO7/c1-4-5-6-7-8-9-11-26-13-15-28-17-19-30-21-23-32-24-22-31-20-18-29-16-14-27-12-10-25(2)3/h4-24H2,1-3H3. The minimum absolute atomic E-state index is 0.559. The average molecular weight is 466 g/mol. The molecule has 8 nitrogen and oxygen atoms in total. The van der Waals surface area contributed by atoms with Gasteiger partial charge in [-0.05, 0) is 20.5 Å². The van der Waals surface area contributed by atoms with Crippen LogP contribution in [0.2, 0.25) is 0 Å². The van der Waals surface area contributed by atoms with Crippen LogP contribution in [0.4, 0.5) is 0 Å². The van der Waals surface area contributed by atoms with Crippen LogP contribution in [-0.4, -0.2) is 118 Å². The summed E-state index contributed by atoms with van der Waals surface area (Å²) in [4.78, 5) is 2.09. The second-order valence-electron chi connectivity index (χ2n) is 7.86. The molecule has 0 aliphatic rings. The third kappa shape index (κ3) is 29.7. The molecular formula is C24H51NO7. The topological polar surface area (TPSA) is 67.9 Å². The SMILES string of the molecule is CCCCCCCCOCCOCCOCCOCCOCCOCCOCCN(C)C. The second-order valence-corrected chi connectivity index (χ2v) is 7.86. The van der Waals surface area contributed by atoms with Gasteiger partial charge in [-0.2, -0.15) is 0 Å². The van der Waals surface area contributed by atoms with Gasteiger partial charge in [0.1, 0.15) is 0 Å². The predicted molar refractivity (Wildman–Crippen MR) is 128 cm³/mol. The third-order valence-corrected chi connectivity index (χ3v) is 4.56. The van der Waals surface area contributed by atoms with Gasteiger partial charge in [-0.3, -0.25) is 0 Å². The molecule has 0 spiro atoms. The minimum Gasteiger partial charge on any atom is -0.379 e. The van der Waals surface area contributed by atoms with Crippen LogP contribution >= 0.6 is 0 Å². The van der Waals surface area contributed by atoms with E-state index in [1.54, 1.807) is 0 Å². The fraction of sp³-hybridized carbons (Fsp3) is 1.00. The van der Waals surface area contributed by atoms with Gasteiger partial charge in [-0.25, -0.2) is 0 Å². The van der Waals surface area contributed by atoms with E-state index in [-0.39, 0.29) is 0 Å². The van der Waals surface area contributed by atoms with E-state index in [0.717, 1.165) is 26.2 Å². The van der Waals surface area contributed by atoms with E-state index in [1.165, 1.54) is 32.1 Å². The first-order chi connectivity index (χ1) is 15.8. The molecule has 0 fully saturated rings. The van der Waals surface area contributed by atoms with Crippen LogP contribution in [0.3, 0.4) is 0 Å². The molecule has 0 bridgehead atoms. The molecule has 0 aromatic rings. The summed E-state index contributed by atoms with van der Waals surface area (Å²) in [6.45, 7) is 11.8. The molecule has 0 saturated heterocycles. The minimum atomic E-state index is 0.559. The maximum absolute atomic E-state index is 5.57. The van der Waals surface area contributed by atoms with Gasteiger partial charge in [-0.1, -0.05) is 39.0 Å². The maximum Gasteiger partial charge on any atom is 0.0701 e. The first-order valence-electron chi connectivity index (χ1n) is 12.5. The van der Waals surface area contributed by atoms with Crippen molar-refractivity contribution in [3.63, 3.8) is 0 Å². The van der Waals surface area contributed by atoms with E-state index in [4.69, 9.17) is 33.2 Å². The third-order valence-electron chi connectivity index (χ3n) is 4.56. The largest absolute Gasteiger partial charge is 0.379 e. The van der Waals surface area contributed by atoms with Crippen molar-refractivity contribution in [1.29, 1.82) is 0 Å². The molecule has 0 N–H and O–H groups in total. The highest BCUT2D eigenvalue weighted by atomic mass is 16.6. The molecule has 194 valence electrons. The second kappa shape index (κ2) is 28.7. The van der Waals surface area contributed by atoms with Crippen molar-refractivity contribution < 1.29 is 33.2 Å². The number of nitrogens with zero attached hydrogens (tertiary/aromatic N) is 1. The maximum atomic E-state index is 5.57. The lowest BCUT2D eigenvalue weighted by Gasteiger charge is -2.10. The quantitative estimate of drug-likeness (QED) is 0.163.